The lowest BCUT2D eigenvalue weighted by Crippen LogP contribution is -2.44. The number of amides is 3. The Morgan fingerprint density at radius 2 is 1.73 bits per heavy atom. The molecule has 2 aromatic rings. The minimum absolute atomic E-state index is 0.0107. The van der Waals surface area contributed by atoms with Crippen molar-refractivity contribution in [3.63, 3.8) is 0 Å². The molecule has 0 spiro atoms. The minimum atomic E-state index is -4.40. The van der Waals surface area contributed by atoms with Crippen LogP contribution in [0, 0.1) is 0 Å². The van der Waals surface area contributed by atoms with E-state index in [-0.39, 0.29) is 28.9 Å². The Labute approximate surface area is 194 Å². The normalized spacial score (nSPS) is 20.2. The number of thioether (sulfide) groups is 1. The second kappa shape index (κ2) is 9.22. The van der Waals surface area contributed by atoms with Gasteiger partial charge in [-0.15, -0.1) is 0 Å². The van der Waals surface area contributed by atoms with Gasteiger partial charge in [0, 0.05) is 43.8 Å². The molecule has 2 aliphatic rings. The molecule has 3 amide bonds. The Hall–Kier alpha value is -2.79. The summed E-state index contributed by atoms with van der Waals surface area (Å²) in [6.45, 7) is 5.49. The smallest absolute Gasteiger partial charge is 0.354 e. The highest BCUT2D eigenvalue weighted by Crippen LogP contribution is 2.38. The van der Waals surface area contributed by atoms with Gasteiger partial charge in [0.25, 0.3) is 5.91 Å². The fourth-order valence-electron chi connectivity index (χ4n) is 3.91. The highest BCUT2D eigenvalue weighted by molar-refractivity contribution is 8.00. The number of halogens is 3. The number of urea groups is 1. The first-order chi connectivity index (χ1) is 15.6. The van der Waals surface area contributed by atoms with Gasteiger partial charge in [-0.05, 0) is 67.7 Å². The maximum atomic E-state index is 13.1. The Balaban J connectivity index is 1.48. The minimum Gasteiger partial charge on any atom is -0.354 e. The summed E-state index contributed by atoms with van der Waals surface area (Å²) in [7, 11) is 2.08. The Kier molecular flexibility index (Phi) is 6.53. The lowest BCUT2D eigenvalue weighted by atomic mass is 10.2. The van der Waals surface area contributed by atoms with Crippen molar-refractivity contribution in [3.05, 3.63) is 48.2 Å². The summed E-state index contributed by atoms with van der Waals surface area (Å²) in [5, 5.41) is 0. The van der Waals surface area contributed by atoms with Gasteiger partial charge in [0.2, 0.25) is 0 Å². The predicted octanol–water partition coefficient (Wildman–Crippen LogP) is 3.80. The summed E-state index contributed by atoms with van der Waals surface area (Å²) in [4.78, 5) is 37.3. The van der Waals surface area contributed by atoms with E-state index >= 15 is 0 Å². The Morgan fingerprint density at radius 3 is 2.36 bits per heavy atom. The van der Waals surface area contributed by atoms with Crippen LogP contribution in [0.4, 0.5) is 29.5 Å². The van der Waals surface area contributed by atoms with Crippen molar-refractivity contribution in [2.75, 3.05) is 43.0 Å². The third-order valence-electron chi connectivity index (χ3n) is 5.80. The lowest BCUT2D eigenvalue weighted by molar-refractivity contribution is -0.119. The highest BCUT2D eigenvalue weighted by Gasteiger charge is 2.43. The fourth-order valence-corrected chi connectivity index (χ4v) is 4.45. The third-order valence-corrected chi connectivity index (χ3v) is 6.54. The van der Waals surface area contributed by atoms with Crippen molar-refractivity contribution >= 4 is 35.2 Å². The van der Waals surface area contributed by atoms with Crippen molar-refractivity contribution in [1.82, 2.24) is 14.8 Å². The highest BCUT2D eigenvalue weighted by atomic mass is 32.2. The van der Waals surface area contributed by atoms with Gasteiger partial charge in [0.15, 0.2) is 0 Å². The van der Waals surface area contributed by atoms with E-state index < -0.39 is 23.5 Å². The lowest BCUT2D eigenvalue weighted by Gasteiger charge is -2.33. The molecule has 2 aliphatic heterocycles. The first-order valence-electron chi connectivity index (χ1n) is 10.5. The molecule has 2 fully saturated rings. The van der Waals surface area contributed by atoms with Crippen LogP contribution in [0.3, 0.4) is 0 Å². The van der Waals surface area contributed by atoms with E-state index in [4.69, 9.17) is 0 Å². The number of hydrogen-bond donors (Lipinski definition) is 0. The average Bonchev–Trinajstić information content (AvgIpc) is 2.97. The van der Waals surface area contributed by atoms with Crippen molar-refractivity contribution < 1.29 is 22.8 Å². The second-order valence-electron chi connectivity index (χ2n) is 8.11. The van der Waals surface area contributed by atoms with Gasteiger partial charge in [-0.2, -0.15) is 13.2 Å². The molecule has 0 N–H and O–H groups in total. The quantitative estimate of drug-likeness (QED) is 0.480. The van der Waals surface area contributed by atoms with Gasteiger partial charge in [-0.25, -0.2) is 14.7 Å². The van der Waals surface area contributed by atoms with Crippen LogP contribution in [-0.2, 0) is 11.3 Å². The number of hydrogen-bond acceptors (Lipinski definition) is 6. The van der Waals surface area contributed by atoms with Gasteiger partial charge in [-0.1, -0.05) is 0 Å². The van der Waals surface area contributed by atoms with E-state index in [0.717, 1.165) is 42.5 Å². The first-order valence-corrected chi connectivity index (χ1v) is 11.3. The van der Waals surface area contributed by atoms with Crippen LogP contribution < -0.4 is 9.80 Å². The topological polar surface area (TPSA) is 60.0 Å². The molecular weight excluding hydrogens is 455 g/mol. The number of imide groups is 1. The van der Waals surface area contributed by atoms with E-state index in [9.17, 15) is 22.8 Å². The SMILES string of the molecule is CC1C(=O)N(c2ccc(SC(F)(F)F)cc2)C(=O)N1Cc1ccnc(N2CCN(C)CC2)c1. The predicted molar refractivity (Wildman–Crippen MR) is 120 cm³/mol. The maximum absolute atomic E-state index is 13.1. The molecule has 1 aromatic carbocycles. The van der Waals surface area contributed by atoms with Crippen molar-refractivity contribution in [2.24, 2.45) is 0 Å². The number of aromatic nitrogens is 1. The second-order valence-corrected chi connectivity index (χ2v) is 9.25. The van der Waals surface area contributed by atoms with E-state index in [1.54, 1.807) is 13.1 Å². The molecule has 0 bridgehead atoms. The standard InChI is InChI=1S/C22H24F3N5O2S/c1-15-20(31)30(17-3-5-18(6-4-17)33-22(23,24)25)21(32)29(15)14-16-7-8-26-19(13-16)28-11-9-27(2)10-12-28/h3-8,13,15H,9-12,14H2,1-2H3. The fraction of sp³-hybridized carbons (Fsp3) is 0.409. The zero-order chi connectivity index (χ0) is 23.8. The summed E-state index contributed by atoms with van der Waals surface area (Å²) in [6, 6.07) is 7.79. The Morgan fingerprint density at radius 1 is 1.06 bits per heavy atom. The van der Waals surface area contributed by atoms with E-state index in [2.05, 4.69) is 21.8 Å². The molecule has 0 aliphatic carbocycles. The zero-order valence-corrected chi connectivity index (χ0v) is 19.1. The molecule has 4 rings (SSSR count). The summed E-state index contributed by atoms with van der Waals surface area (Å²) >= 11 is -0.242. The van der Waals surface area contributed by atoms with Crippen LogP contribution in [0.25, 0.3) is 0 Å². The number of carbonyl (C=O) groups is 2. The van der Waals surface area contributed by atoms with Gasteiger partial charge >= 0.3 is 11.5 Å². The molecule has 1 aromatic heterocycles. The number of rotatable bonds is 5. The van der Waals surface area contributed by atoms with E-state index in [0.29, 0.717) is 0 Å². The number of pyridine rings is 1. The van der Waals surface area contributed by atoms with Crippen LogP contribution in [0.15, 0.2) is 47.5 Å². The van der Waals surface area contributed by atoms with Crippen LogP contribution in [0.1, 0.15) is 12.5 Å². The Bertz CT molecular complexity index is 1030. The van der Waals surface area contributed by atoms with E-state index in [1.807, 2.05) is 12.1 Å². The summed E-state index contributed by atoms with van der Waals surface area (Å²) in [5.74, 6) is 0.422. The molecule has 1 unspecified atom stereocenters. The molecule has 176 valence electrons. The number of likely N-dealkylation sites (N-methyl/N-ethyl adjacent to an activating group) is 1. The van der Waals surface area contributed by atoms with Gasteiger partial charge in [0.1, 0.15) is 11.9 Å². The number of piperazine rings is 1. The molecule has 7 nitrogen and oxygen atoms in total. The van der Waals surface area contributed by atoms with Crippen molar-refractivity contribution in [3.8, 4) is 0 Å². The third kappa shape index (κ3) is 5.25. The maximum Gasteiger partial charge on any atom is 0.446 e. The van der Waals surface area contributed by atoms with Gasteiger partial charge in [-0.3, -0.25) is 4.79 Å². The van der Waals surface area contributed by atoms with Crippen molar-refractivity contribution in [2.45, 2.75) is 29.9 Å². The molecule has 0 radical (unpaired) electrons. The summed E-state index contributed by atoms with van der Waals surface area (Å²) < 4.78 is 37.7. The number of anilines is 2. The largest absolute Gasteiger partial charge is 0.446 e. The van der Waals surface area contributed by atoms with Gasteiger partial charge in [0.05, 0.1) is 5.69 Å². The van der Waals surface area contributed by atoms with Crippen LogP contribution in [-0.4, -0.2) is 71.5 Å². The summed E-state index contributed by atoms with van der Waals surface area (Å²) in [5.41, 5.74) is -3.30. The number of nitrogens with zero attached hydrogens (tertiary/aromatic N) is 5. The molecule has 3 heterocycles. The number of alkyl halides is 3. The zero-order valence-electron chi connectivity index (χ0n) is 18.2. The first kappa shape index (κ1) is 23.4. The average molecular weight is 480 g/mol. The van der Waals surface area contributed by atoms with Crippen molar-refractivity contribution in [1.29, 1.82) is 0 Å². The molecule has 2 saturated heterocycles. The monoisotopic (exact) mass is 479 g/mol. The number of benzene rings is 1. The molecule has 1 atom stereocenters. The van der Waals surface area contributed by atoms with E-state index in [1.165, 1.54) is 29.2 Å². The molecule has 33 heavy (non-hydrogen) atoms. The summed E-state index contributed by atoms with van der Waals surface area (Å²) in [6.07, 6.45) is 1.70. The van der Waals surface area contributed by atoms with Crippen LogP contribution in [0.2, 0.25) is 0 Å². The molecular formula is C22H24F3N5O2S. The number of carbonyl (C=O) groups excluding carboxylic acids is 2. The van der Waals surface area contributed by atoms with Crippen LogP contribution >= 0.6 is 11.8 Å². The van der Waals surface area contributed by atoms with Gasteiger partial charge < -0.3 is 14.7 Å². The molecule has 11 heteroatoms. The van der Waals surface area contributed by atoms with Crippen LogP contribution in [0.5, 0.6) is 0 Å². The molecule has 0 saturated carbocycles.